The SMILES string of the molecule is Cc1[nH]nc(CN2CC[C@@]34O[C@@H](c5ccccc5)CN3C(=O)C[C@@H]24)c1Cl. The van der Waals surface area contributed by atoms with Crippen LogP contribution < -0.4 is 0 Å². The highest BCUT2D eigenvalue weighted by molar-refractivity contribution is 6.31. The molecule has 136 valence electrons. The minimum atomic E-state index is -0.505. The van der Waals surface area contributed by atoms with Crippen LogP contribution in [0.15, 0.2) is 30.3 Å². The first-order valence-electron chi connectivity index (χ1n) is 9.05. The topological polar surface area (TPSA) is 61.5 Å². The Morgan fingerprint density at radius 3 is 2.92 bits per heavy atom. The van der Waals surface area contributed by atoms with E-state index in [4.69, 9.17) is 16.3 Å². The molecule has 4 heterocycles. The Bertz CT molecular complexity index is 854. The Balaban J connectivity index is 1.41. The molecule has 5 rings (SSSR count). The summed E-state index contributed by atoms with van der Waals surface area (Å²) >= 11 is 6.34. The van der Waals surface area contributed by atoms with E-state index in [0.29, 0.717) is 24.5 Å². The van der Waals surface area contributed by atoms with Crippen LogP contribution in [0, 0.1) is 6.92 Å². The fourth-order valence-electron chi connectivity index (χ4n) is 4.70. The van der Waals surface area contributed by atoms with Crippen molar-refractivity contribution in [2.45, 2.75) is 44.2 Å². The number of carbonyl (C=O) groups excluding carboxylic acids is 1. The third-order valence-electron chi connectivity index (χ3n) is 6.00. The minimum absolute atomic E-state index is 0.0526. The smallest absolute Gasteiger partial charge is 0.226 e. The van der Waals surface area contributed by atoms with Crippen molar-refractivity contribution in [3.05, 3.63) is 52.3 Å². The average molecular weight is 373 g/mol. The van der Waals surface area contributed by atoms with Crippen molar-refractivity contribution < 1.29 is 9.53 Å². The van der Waals surface area contributed by atoms with Crippen LogP contribution in [-0.2, 0) is 16.1 Å². The summed E-state index contributed by atoms with van der Waals surface area (Å²) < 4.78 is 6.56. The van der Waals surface area contributed by atoms with Crippen LogP contribution >= 0.6 is 11.6 Å². The largest absolute Gasteiger partial charge is 0.344 e. The van der Waals surface area contributed by atoms with E-state index < -0.39 is 5.72 Å². The molecule has 26 heavy (non-hydrogen) atoms. The summed E-state index contributed by atoms with van der Waals surface area (Å²) in [5.41, 5.74) is 2.34. The zero-order valence-corrected chi connectivity index (χ0v) is 15.4. The molecule has 1 spiro atoms. The molecule has 0 aliphatic carbocycles. The predicted octanol–water partition coefficient (Wildman–Crippen LogP) is 2.65. The third kappa shape index (κ3) is 2.25. The zero-order valence-electron chi connectivity index (χ0n) is 14.6. The molecule has 3 aliphatic heterocycles. The Kier molecular flexibility index (Phi) is 3.64. The van der Waals surface area contributed by atoms with Crippen LogP contribution in [0.3, 0.4) is 0 Å². The summed E-state index contributed by atoms with van der Waals surface area (Å²) in [6, 6.07) is 10.2. The molecule has 7 heteroatoms. The number of hydrogen-bond acceptors (Lipinski definition) is 4. The molecule has 1 N–H and O–H groups in total. The minimum Gasteiger partial charge on any atom is -0.344 e. The quantitative estimate of drug-likeness (QED) is 0.899. The molecule has 0 saturated carbocycles. The maximum absolute atomic E-state index is 12.7. The molecule has 3 aliphatic rings. The first-order valence-corrected chi connectivity index (χ1v) is 9.43. The number of carbonyl (C=O) groups is 1. The van der Waals surface area contributed by atoms with Crippen LogP contribution in [-0.4, -0.2) is 50.8 Å². The highest BCUT2D eigenvalue weighted by Gasteiger charge is 2.64. The monoisotopic (exact) mass is 372 g/mol. The van der Waals surface area contributed by atoms with Gasteiger partial charge in [0, 0.05) is 25.9 Å². The summed E-state index contributed by atoms with van der Waals surface area (Å²) in [5, 5.41) is 7.94. The van der Waals surface area contributed by atoms with E-state index in [0.717, 1.165) is 29.9 Å². The van der Waals surface area contributed by atoms with Crippen molar-refractivity contribution >= 4 is 17.5 Å². The molecule has 6 nitrogen and oxygen atoms in total. The summed E-state index contributed by atoms with van der Waals surface area (Å²) in [7, 11) is 0. The Morgan fingerprint density at radius 2 is 2.19 bits per heavy atom. The third-order valence-corrected chi connectivity index (χ3v) is 6.51. The van der Waals surface area contributed by atoms with Gasteiger partial charge in [0.2, 0.25) is 5.91 Å². The molecular formula is C19H21ClN4O2. The van der Waals surface area contributed by atoms with Gasteiger partial charge >= 0.3 is 0 Å². The van der Waals surface area contributed by atoms with E-state index in [1.165, 1.54) is 0 Å². The normalized spacial score (nSPS) is 30.8. The van der Waals surface area contributed by atoms with Crippen molar-refractivity contribution in [3.63, 3.8) is 0 Å². The highest BCUT2D eigenvalue weighted by Crippen LogP contribution is 2.50. The highest BCUT2D eigenvalue weighted by atomic mass is 35.5. The molecule has 2 aromatic rings. The fraction of sp³-hybridized carbons (Fsp3) is 0.474. The van der Waals surface area contributed by atoms with Crippen molar-refractivity contribution in [2.24, 2.45) is 0 Å². The Morgan fingerprint density at radius 1 is 1.38 bits per heavy atom. The number of benzene rings is 1. The van der Waals surface area contributed by atoms with Crippen molar-refractivity contribution in [3.8, 4) is 0 Å². The van der Waals surface area contributed by atoms with Gasteiger partial charge in [-0.05, 0) is 12.5 Å². The second-order valence-corrected chi connectivity index (χ2v) is 7.79. The lowest BCUT2D eigenvalue weighted by Crippen LogP contribution is -2.47. The molecule has 1 aromatic carbocycles. The lowest BCUT2D eigenvalue weighted by Gasteiger charge is -2.32. The number of halogens is 1. The van der Waals surface area contributed by atoms with Crippen molar-refractivity contribution in [1.82, 2.24) is 20.0 Å². The van der Waals surface area contributed by atoms with E-state index >= 15 is 0 Å². The molecule has 1 aromatic heterocycles. The second-order valence-electron chi connectivity index (χ2n) is 7.42. The van der Waals surface area contributed by atoms with Crippen LogP contribution in [0.4, 0.5) is 0 Å². The van der Waals surface area contributed by atoms with Gasteiger partial charge in [-0.15, -0.1) is 0 Å². The van der Waals surface area contributed by atoms with Gasteiger partial charge in [0.1, 0.15) is 6.10 Å². The summed E-state index contributed by atoms with van der Waals surface area (Å²) in [5.74, 6) is 0.183. The lowest BCUT2D eigenvalue weighted by molar-refractivity contribution is -0.138. The maximum atomic E-state index is 12.7. The number of likely N-dealkylation sites (tertiary alicyclic amines) is 1. The molecule has 3 fully saturated rings. The van der Waals surface area contributed by atoms with Crippen molar-refractivity contribution in [2.75, 3.05) is 13.1 Å². The molecule has 1 amide bonds. The molecule has 0 unspecified atom stereocenters. The molecule has 3 saturated heterocycles. The number of hydrogen-bond donors (Lipinski definition) is 1. The summed E-state index contributed by atoms with van der Waals surface area (Å²) in [6.07, 6.45) is 1.27. The van der Waals surface area contributed by atoms with E-state index in [1.807, 2.05) is 30.0 Å². The van der Waals surface area contributed by atoms with Gasteiger partial charge in [0.15, 0.2) is 5.72 Å². The van der Waals surface area contributed by atoms with Gasteiger partial charge in [-0.3, -0.25) is 14.8 Å². The van der Waals surface area contributed by atoms with Crippen LogP contribution in [0.25, 0.3) is 0 Å². The Hall–Kier alpha value is -1.89. The first kappa shape index (κ1) is 16.3. The van der Waals surface area contributed by atoms with Gasteiger partial charge in [0.05, 0.1) is 29.0 Å². The Labute approximate surface area is 157 Å². The van der Waals surface area contributed by atoms with Crippen LogP contribution in [0.1, 0.15) is 35.9 Å². The number of ether oxygens (including phenoxy) is 1. The number of nitrogens with zero attached hydrogens (tertiary/aromatic N) is 3. The fourth-order valence-corrected chi connectivity index (χ4v) is 4.85. The van der Waals surface area contributed by atoms with Crippen molar-refractivity contribution in [1.29, 1.82) is 0 Å². The number of amides is 1. The van der Waals surface area contributed by atoms with E-state index in [9.17, 15) is 4.79 Å². The van der Waals surface area contributed by atoms with Gasteiger partial charge in [-0.2, -0.15) is 5.10 Å². The van der Waals surface area contributed by atoms with E-state index in [2.05, 4.69) is 27.2 Å². The van der Waals surface area contributed by atoms with Gasteiger partial charge in [-0.25, -0.2) is 0 Å². The second kappa shape index (κ2) is 5.81. The number of rotatable bonds is 3. The number of nitrogens with one attached hydrogen (secondary N) is 1. The maximum Gasteiger partial charge on any atom is 0.226 e. The summed E-state index contributed by atoms with van der Waals surface area (Å²) in [4.78, 5) is 16.9. The zero-order chi connectivity index (χ0) is 17.9. The van der Waals surface area contributed by atoms with Gasteiger partial charge in [0.25, 0.3) is 0 Å². The number of aromatic nitrogens is 2. The predicted molar refractivity (Wildman–Crippen MR) is 96.5 cm³/mol. The van der Waals surface area contributed by atoms with Gasteiger partial charge < -0.3 is 9.64 Å². The van der Waals surface area contributed by atoms with E-state index in [-0.39, 0.29) is 18.1 Å². The molecule has 0 bridgehead atoms. The number of H-pyrrole nitrogens is 1. The number of aromatic amines is 1. The van der Waals surface area contributed by atoms with Crippen LogP contribution in [0.5, 0.6) is 0 Å². The first-order chi connectivity index (χ1) is 12.6. The summed E-state index contributed by atoms with van der Waals surface area (Å²) in [6.45, 7) is 4.05. The average Bonchev–Trinajstić information content (AvgIpc) is 3.35. The molecular weight excluding hydrogens is 352 g/mol. The van der Waals surface area contributed by atoms with E-state index in [1.54, 1.807) is 0 Å². The van der Waals surface area contributed by atoms with Gasteiger partial charge in [-0.1, -0.05) is 41.9 Å². The number of aryl methyl sites for hydroxylation is 1. The molecule has 0 radical (unpaired) electrons. The van der Waals surface area contributed by atoms with Crippen LogP contribution in [0.2, 0.25) is 5.02 Å². The lowest BCUT2D eigenvalue weighted by atomic mass is 10.1. The molecule has 3 atom stereocenters. The standard InChI is InChI=1S/C19H21ClN4O2/c1-12-18(20)14(22-21-12)10-23-8-7-19-16(23)9-17(25)24(19)11-15(26-19)13-5-3-2-4-6-13/h2-6,15-16H,7-11H2,1H3,(H,21,22)/t15-,16-,19+/m1/s1.